The largest absolute Gasteiger partial charge is 0.348 e. The first-order valence-electron chi connectivity index (χ1n) is 7.64. The smallest absolute Gasteiger partial charge is 0.240 e. The second kappa shape index (κ2) is 5.49. The molecule has 110 valence electrons. The summed E-state index contributed by atoms with van der Waals surface area (Å²) in [5, 5.41) is 8.90. The van der Waals surface area contributed by atoms with Crippen molar-refractivity contribution in [2.45, 2.75) is 38.3 Å². The number of nitrogens with one attached hydrogen (secondary N) is 2. The molecule has 0 saturated carbocycles. The van der Waals surface area contributed by atoms with Gasteiger partial charge in [0.1, 0.15) is 0 Å². The van der Waals surface area contributed by atoms with Crippen molar-refractivity contribution in [3.05, 3.63) is 48.0 Å². The molecule has 0 radical (unpaired) electrons. The van der Waals surface area contributed by atoms with Gasteiger partial charge in [-0.05, 0) is 49.6 Å². The Hall–Kier alpha value is -1.87. The van der Waals surface area contributed by atoms with Crippen LogP contribution in [0.3, 0.4) is 0 Å². The molecule has 2 aromatic carbocycles. The van der Waals surface area contributed by atoms with Crippen LogP contribution in [-0.4, -0.2) is 18.0 Å². The SMILES string of the molecule is CC(NC(=O)C1(C)CCCN1)c1cccc2ccccc12. The molecular weight excluding hydrogens is 260 g/mol. The highest BCUT2D eigenvalue weighted by Gasteiger charge is 2.36. The van der Waals surface area contributed by atoms with Gasteiger partial charge in [-0.2, -0.15) is 0 Å². The maximum Gasteiger partial charge on any atom is 0.240 e. The van der Waals surface area contributed by atoms with E-state index >= 15 is 0 Å². The van der Waals surface area contributed by atoms with Crippen LogP contribution in [0, 0.1) is 0 Å². The van der Waals surface area contributed by atoms with Crippen LogP contribution in [0.4, 0.5) is 0 Å². The fourth-order valence-corrected chi connectivity index (χ4v) is 3.15. The number of hydrogen-bond acceptors (Lipinski definition) is 2. The van der Waals surface area contributed by atoms with E-state index in [4.69, 9.17) is 0 Å². The first kappa shape index (κ1) is 14.1. The predicted octanol–water partition coefficient (Wildman–Crippen LogP) is 3.16. The number of carbonyl (C=O) groups is 1. The van der Waals surface area contributed by atoms with Crippen LogP contribution < -0.4 is 10.6 Å². The number of hydrogen-bond donors (Lipinski definition) is 2. The molecule has 1 amide bonds. The average Bonchev–Trinajstić information content (AvgIpc) is 2.95. The number of benzene rings is 2. The van der Waals surface area contributed by atoms with Crippen molar-refractivity contribution in [1.29, 1.82) is 0 Å². The van der Waals surface area contributed by atoms with Crippen molar-refractivity contribution in [2.75, 3.05) is 6.54 Å². The summed E-state index contributed by atoms with van der Waals surface area (Å²) in [7, 11) is 0. The molecule has 0 aliphatic carbocycles. The fourth-order valence-electron chi connectivity index (χ4n) is 3.15. The van der Waals surface area contributed by atoms with E-state index in [0.717, 1.165) is 19.4 Å². The molecule has 3 rings (SSSR count). The summed E-state index contributed by atoms with van der Waals surface area (Å²) >= 11 is 0. The third kappa shape index (κ3) is 2.66. The highest BCUT2D eigenvalue weighted by molar-refractivity contribution is 5.89. The molecule has 0 bridgehead atoms. The topological polar surface area (TPSA) is 41.1 Å². The van der Waals surface area contributed by atoms with Crippen molar-refractivity contribution in [2.24, 2.45) is 0 Å². The Labute approximate surface area is 125 Å². The first-order chi connectivity index (χ1) is 10.1. The Balaban J connectivity index is 1.84. The van der Waals surface area contributed by atoms with Gasteiger partial charge in [0, 0.05) is 0 Å². The van der Waals surface area contributed by atoms with E-state index in [9.17, 15) is 4.79 Å². The highest BCUT2D eigenvalue weighted by Crippen LogP contribution is 2.25. The number of rotatable bonds is 3. The molecular formula is C18H22N2O. The van der Waals surface area contributed by atoms with Gasteiger partial charge in [0.15, 0.2) is 0 Å². The van der Waals surface area contributed by atoms with Crippen molar-refractivity contribution < 1.29 is 4.79 Å². The lowest BCUT2D eigenvalue weighted by atomic mass is 9.96. The lowest BCUT2D eigenvalue weighted by molar-refractivity contribution is -0.127. The molecule has 2 aromatic rings. The molecule has 1 saturated heterocycles. The van der Waals surface area contributed by atoms with Crippen molar-refractivity contribution in [3.63, 3.8) is 0 Å². The van der Waals surface area contributed by atoms with Gasteiger partial charge in [0.05, 0.1) is 11.6 Å². The zero-order valence-corrected chi connectivity index (χ0v) is 12.6. The summed E-state index contributed by atoms with van der Waals surface area (Å²) in [6.45, 7) is 4.97. The van der Waals surface area contributed by atoms with Crippen LogP contribution in [0.15, 0.2) is 42.5 Å². The van der Waals surface area contributed by atoms with Crippen molar-refractivity contribution >= 4 is 16.7 Å². The molecule has 0 spiro atoms. The quantitative estimate of drug-likeness (QED) is 0.908. The number of carbonyl (C=O) groups excluding carboxylic acids is 1. The van der Waals surface area contributed by atoms with Gasteiger partial charge < -0.3 is 10.6 Å². The maximum absolute atomic E-state index is 12.5. The van der Waals surface area contributed by atoms with Gasteiger partial charge in [-0.15, -0.1) is 0 Å². The lowest BCUT2D eigenvalue weighted by Crippen LogP contribution is -2.51. The Bertz CT molecular complexity index is 654. The van der Waals surface area contributed by atoms with Crippen LogP contribution >= 0.6 is 0 Å². The third-order valence-electron chi connectivity index (χ3n) is 4.51. The third-order valence-corrected chi connectivity index (χ3v) is 4.51. The summed E-state index contributed by atoms with van der Waals surface area (Å²) in [5.41, 5.74) is 0.752. The van der Waals surface area contributed by atoms with Gasteiger partial charge in [-0.25, -0.2) is 0 Å². The van der Waals surface area contributed by atoms with E-state index in [1.165, 1.54) is 16.3 Å². The van der Waals surface area contributed by atoms with Gasteiger partial charge in [0.25, 0.3) is 0 Å². The van der Waals surface area contributed by atoms with Crippen LogP contribution in [0.5, 0.6) is 0 Å². The van der Waals surface area contributed by atoms with Gasteiger partial charge in [-0.3, -0.25) is 4.79 Å². The average molecular weight is 282 g/mol. The number of amides is 1. The molecule has 1 aliphatic heterocycles. The lowest BCUT2D eigenvalue weighted by Gasteiger charge is -2.26. The molecule has 1 aliphatic rings. The van der Waals surface area contributed by atoms with Gasteiger partial charge >= 0.3 is 0 Å². The summed E-state index contributed by atoms with van der Waals surface area (Å²) in [4.78, 5) is 12.5. The van der Waals surface area contributed by atoms with E-state index < -0.39 is 5.54 Å². The van der Waals surface area contributed by atoms with Crippen LogP contribution in [0.2, 0.25) is 0 Å². The molecule has 2 N–H and O–H groups in total. The predicted molar refractivity (Wildman–Crippen MR) is 86.1 cm³/mol. The van der Waals surface area contributed by atoms with E-state index in [2.05, 4.69) is 47.9 Å². The maximum atomic E-state index is 12.5. The van der Waals surface area contributed by atoms with Crippen molar-refractivity contribution in [3.8, 4) is 0 Å². The molecule has 1 heterocycles. The van der Waals surface area contributed by atoms with E-state index in [-0.39, 0.29) is 11.9 Å². The molecule has 2 atom stereocenters. The summed E-state index contributed by atoms with van der Waals surface area (Å²) < 4.78 is 0. The minimum Gasteiger partial charge on any atom is -0.348 e. The zero-order chi connectivity index (χ0) is 14.9. The Morgan fingerprint density at radius 3 is 2.76 bits per heavy atom. The Kier molecular flexibility index (Phi) is 3.68. The second-order valence-electron chi connectivity index (χ2n) is 6.13. The van der Waals surface area contributed by atoms with E-state index in [0.29, 0.717) is 0 Å². The molecule has 1 fully saturated rings. The van der Waals surface area contributed by atoms with Crippen molar-refractivity contribution in [1.82, 2.24) is 10.6 Å². The fraction of sp³-hybridized carbons (Fsp3) is 0.389. The number of fused-ring (bicyclic) bond motifs is 1. The second-order valence-corrected chi connectivity index (χ2v) is 6.13. The first-order valence-corrected chi connectivity index (χ1v) is 7.64. The monoisotopic (exact) mass is 282 g/mol. The minimum absolute atomic E-state index is 0.00262. The summed E-state index contributed by atoms with van der Waals surface area (Å²) in [5.74, 6) is 0.0976. The minimum atomic E-state index is -0.418. The van der Waals surface area contributed by atoms with Crippen LogP contribution in [0.25, 0.3) is 10.8 Å². The van der Waals surface area contributed by atoms with Crippen LogP contribution in [-0.2, 0) is 4.79 Å². The van der Waals surface area contributed by atoms with Crippen LogP contribution in [0.1, 0.15) is 38.3 Å². The van der Waals surface area contributed by atoms with E-state index in [1.54, 1.807) is 0 Å². The molecule has 2 unspecified atom stereocenters. The molecule has 3 nitrogen and oxygen atoms in total. The summed E-state index contributed by atoms with van der Waals surface area (Å²) in [6.07, 6.45) is 1.97. The molecule has 3 heteroatoms. The molecule has 21 heavy (non-hydrogen) atoms. The zero-order valence-electron chi connectivity index (χ0n) is 12.6. The Morgan fingerprint density at radius 2 is 2.00 bits per heavy atom. The highest BCUT2D eigenvalue weighted by atomic mass is 16.2. The normalized spacial score (nSPS) is 23.1. The van der Waals surface area contributed by atoms with Gasteiger partial charge in [0.2, 0.25) is 5.91 Å². The Morgan fingerprint density at radius 1 is 1.24 bits per heavy atom. The van der Waals surface area contributed by atoms with E-state index in [1.807, 2.05) is 19.1 Å². The van der Waals surface area contributed by atoms with Gasteiger partial charge in [-0.1, -0.05) is 42.5 Å². The standard InChI is InChI=1S/C18H22N2O/c1-13(20-17(21)18(2)11-6-12-19-18)15-10-5-8-14-7-3-4-9-16(14)15/h3-5,7-10,13,19H,6,11-12H2,1-2H3,(H,20,21). The molecule has 0 aromatic heterocycles. The summed E-state index contributed by atoms with van der Waals surface area (Å²) in [6, 6.07) is 14.6.